The Morgan fingerprint density at radius 1 is 0.727 bits per heavy atom. The maximum atomic E-state index is 10.6. The van der Waals surface area contributed by atoms with Gasteiger partial charge < -0.3 is 0 Å². The third kappa shape index (κ3) is 15.4. The molecule has 0 aromatic rings. The maximum Gasteiger partial charge on any atom is 0.221 e. The van der Waals surface area contributed by atoms with Gasteiger partial charge in [-0.2, -0.15) is 0 Å². The molecule has 0 saturated carbocycles. The molecule has 2 unspecified atom stereocenters. The monoisotopic (exact) mass is 370 g/mol. The Morgan fingerprint density at radius 2 is 1.14 bits per heavy atom. The van der Waals surface area contributed by atoms with Crippen LogP contribution in [0.15, 0.2) is 0 Å². The second-order valence-electron chi connectivity index (χ2n) is 6.25. The molecular weight excluding hydrogens is 339 g/mol. The highest BCUT2D eigenvalue weighted by Gasteiger charge is 2.15. The molecule has 4 heteroatoms. The summed E-state index contributed by atoms with van der Waals surface area (Å²) < 4.78 is 0. The van der Waals surface area contributed by atoms with E-state index in [1.807, 2.05) is 0 Å². The van der Waals surface area contributed by atoms with E-state index in [0.717, 1.165) is 38.5 Å². The minimum atomic E-state index is -0.222. The molecule has 0 aliphatic carbocycles. The molecule has 22 heavy (non-hydrogen) atoms. The first kappa shape index (κ1) is 22.5. The van der Waals surface area contributed by atoms with Crippen molar-refractivity contribution in [2.24, 2.45) is 0 Å². The molecule has 132 valence electrons. The van der Waals surface area contributed by atoms with Crippen LogP contribution in [0, 0.1) is 0 Å². The molecule has 0 N–H and O–H groups in total. The third-order valence-electron chi connectivity index (χ3n) is 4.08. The fraction of sp³-hybridized carbons (Fsp3) is 0.944. The minimum Gasteiger partial charge on any atom is -0.281 e. The Hall–Kier alpha value is 0.540. The topological polar surface area (TPSA) is 17.1 Å². The van der Waals surface area contributed by atoms with Crippen molar-refractivity contribution in [3.63, 3.8) is 0 Å². The molecule has 0 amide bonds. The van der Waals surface area contributed by atoms with Crippen molar-refractivity contribution in [1.82, 2.24) is 0 Å². The quantitative estimate of drug-likeness (QED) is 0.156. The molecule has 0 fully saturated rings. The van der Waals surface area contributed by atoms with Crippen LogP contribution >= 0.6 is 34.8 Å². The molecule has 0 heterocycles. The van der Waals surface area contributed by atoms with Crippen LogP contribution in [0.4, 0.5) is 0 Å². The third-order valence-corrected chi connectivity index (χ3v) is 5.44. The maximum absolute atomic E-state index is 10.6. The highest BCUT2D eigenvalue weighted by Crippen LogP contribution is 2.23. The molecule has 0 aromatic heterocycles. The lowest BCUT2D eigenvalue weighted by Crippen LogP contribution is -2.14. The van der Waals surface area contributed by atoms with Crippen molar-refractivity contribution >= 4 is 40.0 Å². The number of hydrogen-bond donors (Lipinski definition) is 0. The lowest BCUT2D eigenvalue weighted by Gasteiger charge is -2.16. The first-order valence-corrected chi connectivity index (χ1v) is 10.3. The summed E-state index contributed by atoms with van der Waals surface area (Å²) in [7, 11) is 0. The zero-order valence-corrected chi connectivity index (χ0v) is 16.4. The van der Waals surface area contributed by atoms with Crippen molar-refractivity contribution in [2.75, 3.05) is 0 Å². The number of carbonyl (C=O) groups excluding carboxylic acids is 1. The molecule has 0 bridgehead atoms. The van der Waals surface area contributed by atoms with Crippen LogP contribution in [-0.2, 0) is 4.79 Å². The van der Waals surface area contributed by atoms with E-state index in [0.29, 0.717) is 6.42 Å². The molecule has 0 saturated heterocycles. The molecular formula is C18H33Cl3O. The Balaban J connectivity index is 3.38. The highest BCUT2D eigenvalue weighted by atomic mass is 35.5. The smallest absolute Gasteiger partial charge is 0.221 e. The second-order valence-corrected chi connectivity index (χ2v) is 7.79. The molecule has 0 spiro atoms. The summed E-state index contributed by atoms with van der Waals surface area (Å²) in [5.74, 6) is 0. The van der Waals surface area contributed by atoms with Gasteiger partial charge in [0, 0.05) is 17.2 Å². The van der Waals surface area contributed by atoms with Crippen molar-refractivity contribution in [2.45, 2.75) is 108 Å². The lowest BCUT2D eigenvalue weighted by atomic mass is 10.0. The minimum absolute atomic E-state index is 0.0988. The van der Waals surface area contributed by atoms with E-state index in [1.165, 1.54) is 44.9 Å². The Labute approximate surface area is 152 Å². The number of rotatable bonds is 16. The van der Waals surface area contributed by atoms with Crippen molar-refractivity contribution in [1.29, 1.82) is 0 Å². The van der Waals surface area contributed by atoms with Crippen molar-refractivity contribution in [3.05, 3.63) is 0 Å². The molecule has 0 aromatic carbocycles. The van der Waals surface area contributed by atoms with Gasteiger partial charge in [-0.3, -0.25) is 4.79 Å². The summed E-state index contributed by atoms with van der Waals surface area (Å²) >= 11 is 18.1. The van der Waals surface area contributed by atoms with Gasteiger partial charge in [0.2, 0.25) is 5.24 Å². The van der Waals surface area contributed by atoms with Gasteiger partial charge in [-0.1, -0.05) is 71.1 Å². The van der Waals surface area contributed by atoms with Gasteiger partial charge >= 0.3 is 0 Å². The van der Waals surface area contributed by atoms with Gasteiger partial charge in [-0.25, -0.2) is 0 Å². The van der Waals surface area contributed by atoms with Crippen LogP contribution in [0.5, 0.6) is 0 Å². The van der Waals surface area contributed by atoms with Crippen LogP contribution in [-0.4, -0.2) is 16.0 Å². The average molecular weight is 372 g/mol. The van der Waals surface area contributed by atoms with Crippen LogP contribution in [0.25, 0.3) is 0 Å². The van der Waals surface area contributed by atoms with E-state index in [2.05, 4.69) is 6.92 Å². The Bertz CT molecular complexity index is 259. The van der Waals surface area contributed by atoms with Gasteiger partial charge in [0.05, 0.1) is 0 Å². The van der Waals surface area contributed by atoms with Crippen LogP contribution in [0.1, 0.15) is 96.8 Å². The van der Waals surface area contributed by atoms with Gasteiger partial charge in [0.25, 0.3) is 0 Å². The molecule has 0 aliphatic heterocycles. The summed E-state index contributed by atoms with van der Waals surface area (Å²) in [5, 5.41) is -0.0102. The van der Waals surface area contributed by atoms with Crippen LogP contribution < -0.4 is 0 Å². The zero-order chi connectivity index (χ0) is 16.6. The summed E-state index contributed by atoms with van der Waals surface area (Å²) in [6, 6.07) is 0. The van der Waals surface area contributed by atoms with E-state index in [-0.39, 0.29) is 16.0 Å². The van der Waals surface area contributed by atoms with E-state index >= 15 is 0 Å². The molecule has 0 rings (SSSR count). The SMILES string of the molecule is CCCCCCCCC(Cl)C(Cl)CCCCCCCC(=O)Cl. The standard InChI is InChI=1S/C18H33Cl3O/c1-2-3-4-5-7-10-13-16(19)17(20)14-11-8-6-9-12-15-18(21)22/h16-17H,2-15H2,1H3. The number of carbonyl (C=O) groups is 1. The van der Waals surface area contributed by atoms with Gasteiger partial charge in [-0.15, -0.1) is 23.2 Å². The Morgan fingerprint density at radius 3 is 1.59 bits per heavy atom. The van der Waals surface area contributed by atoms with Crippen LogP contribution in [0.3, 0.4) is 0 Å². The fourth-order valence-corrected chi connectivity index (χ4v) is 3.31. The van der Waals surface area contributed by atoms with Crippen molar-refractivity contribution in [3.8, 4) is 0 Å². The number of hydrogen-bond acceptors (Lipinski definition) is 1. The lowest BCUT2D eigenvalue weighted by molar-refractivity contribution is -0.111. The van der Waals surface area contributed by atoms with E-state index in [1.54, 1.807) is 0 Å². The highest BCUT2D eigenvalue weighted by molar-refractivity contribution is 6.63. The molecule has 0 aliphatic rings. The van der Waals surface area contributed by atoms with Crippen LogP contribution in [0.2, 0.25) is 0 Å². The van der Waals surface area contributed by atoms with E-state index in [9.17, 15) is 4.79 Å². The zero-order valence-electron chi connectivity index (χ0n) is 14.1. The summed E-state index contributed by atoms with van der Waals surface area (Å²) in [4.78, 5) is 10.6. The first-order valence-electron chi connectivity index (χ1n) is 9.04. The second kappa shape index (κ2) is 16.4. The predicted molar refractivity (Wildman–Crippen MR) is 100 cm³/mol. The molecule has 2 atom stereocenters. The molecule has 1 nitrogen and oxygen atoms in total. The fourth-order valence-electron chi connectivity index (χ4n) is 2.62. The summed E-state index contributed by atoms with van der Waals surface area (Å²) in [6.07, 6.45) is 15.8. The molecule has 0 radical (unpaired) electrons. The summed E-state index contributed by atoms with van der Waals surface area (Å²) in [6.45, 7) is 2.24. The van der Waals surface area contributed by atoms with Crippen molar-refractivity contribution < 1.29 is 4.79 Å². The van der Waals surface area contributed by atoms with Gasteiger partial charge in [-0.05, 0) is 30.9 Å². The van der Waals surface area contributed by atoms with E-state index in [4.69, 9.17) is 34.8 Å². The summed E-state index contributed by atoms with van der Waals surface area (Å²) in [5.41, 5.74) is 0. The number of alkyl halides is 2. The predicted octanol–water partition coefficient (Wildman–Crippen LogP) is 7.45. The first-order chi connectivity index (χ1) is 10.6. The van der Waals surface area contributed by atoms with Gasteiger partial charge in [0.15, 0.2) is 0 Å². The van der Waals surface area contributed by atoms with Gasteiger partial charge in [0.1, 0.15) is 0 Å². The Kier molecular flexibility index (Phi) is 16.8. The largest absolute Gasteiger partial charge is 0.281 e. The number of halogens is 3. The number of unbranched alkanes of at least 4 members (excludes halogenated alkanes) is 9. The normalized spacial score (nSPS) is 14.0. The van der Waals surface area contributed by atoms with E-state index < -0.39 is 0 Å². The average Bonchev–Trinajstić information content (AvgIpc) is 2.49.